The number of benzene rings is 3. The van der Waals surface area contributed by atoms with Gasteiger partial charge in [-0.3, -0.25) is 0 Å². The second-order valence-corrected chi connectivity index (χ2v) is 16.2. The minimum atomic E-state index is -2.62. The Morgan fingerprint density at radius 2 is 1.49 bits per heavy atom. The molecule has 1 aliphatic carbocycles. The van der Waals surface area contributed by atoms with Gasteiger partial charge in [-0.15, -0.1) is 0 Å². The summed E-state index contributed by atoms with van der Waals surface area (Å²) in [6.45, 7) is 16.3. The van der Waals surface area contributed by atoms with Gasteiger partial charge in [0.2, 0.25) is 0 Å². The molecule has 35 heavy (non-hydrogen) atoms. The molecule has 3 aromatic carbocycles. The normalized spacial score (nSPS) is 18.3. The number of hydrogen-bond donors (Lipinski definition) is 0. The highest BCUT2D eigenvalue weighted by Gasteiger charge is 2.52. The van der Waals surface area contributed by atoms with Gasteiger partial charge in [-0.25, -0.2) is 0 Å². The van der Waals surface area contributed by atoms with E-state index in [-0.39, 0.29) is 5.04 Å². The number of aryl methyl sites for hydroxylation is 1. The van der Waals surface area contributed by atoms with Gasteiger partial charge in [0.25, 0.3) is 0 Å². The fourth-order valence-corrected chi connectivity index (χ4v) is 10.6. The molecule has 1 nitrogen and oxygen atoms in total. The first-order chi connectivity index (χ1) is 16.6. The van der Waals surface area contributed by atoms with Gasteiger partial charge in [-0.05, 0) is 76.5 Å². The molecule has 1 aliphatic rings. The zero-order valence-corrected chi connectivity index (χ0v) is 23.3. The van der Waals surface area contributed by atoms with E-state index in [0.717, 1.165) is 18.6 Å². The summed E-state index contributed by atoms with van der Waals surface area (Å²) in [5.74, 6) is 1.58. The van der Waals surface area contributed by atoms with Crippen LogP contribution in [0.4, 0.5) is 0 Å². The smallest absolute Gasteiger partial charge is 0.319 e. The van der Waals surface area contributed by atoms with Gasteiger partial charge in [-0.1, -0.05) is 120 Å². The Hall–Kier alpha value is -2.58. The lowest BCUT2D eigenvalue weighted by atomic mass is 9.65. The van der Waals surface area contributed by atoms with Crippen LogP contribution >= 0.6 is 0 Å². The lowest BCUT2D eigenvalue weighted by molar-refractivity contribution is 0.180. The third-order valence-electron chi connectivity index (χ3n) is 8.06. The van der Waals surface area contributed by atoms with E-state index in [4.69, 9.17) is 4.43 Å². The van der Waals surface area contributed by atoms with Crippen LogP contribution in [0.15, 0.2) is 97.1 Å². The maximum Gasteiger partial charge on any atom is 0.319 e. The molecule has 0 aromatic heterocycles. The molecule has 2 heteroatoms. The van der Waals surface area contributed by atoms with E-state index in [9.17, 15) is 0 Å². The zero-order valence-electron chi connectivity index (χ0n) is 22.3. The quantitative estimate of drug-likeness (QED) is 0.245. The molecule has 1 fully saturated rings. The highest BCUT2D eigenvalue weighted by molar-refractivity contribution is 7.00. The van der Waals surface area contributed by atoms with Crippen LogP contribution in [0, 0.1) is 11.3 Å². The Morgan fingerprint density at radius 1 is 0.886 bits per heavy atom. The molecule has 1 saturated carbocycles. The van der Waals surface area contributed by atoms with Crippen molar-refractivity contribution in [3.8, 4) is 5.75 Å². The highest BCUT2D eigenvalue weighted by Crippen LogP contribution is 2.45. The summed E-state index contributed by atoms with van der Waals surface area (Å²) in [5, 5.41) is 2.57. The van der Waals surface area contributed by atoms with Crippen LogP contribution in [-0.2, 0) is 6.42 Å². The van der Waals surface area contributed by atoms with E-state index >= 15 is 0 Å². The maximum atomic E-state index is 7.25. The topological polar surface area (TPSA) is 9.23 Å². The van der Waals surface area contributed by atoms with Crippen molar-refractivity contribution in [3.05, 3.63) is 103 Å². The van der Waals surface area contributed by atoms with E-state index in [1.54, 1.807) is 0 Å². The fraction of sp³-hybridized carbons (Fsp3) is 0.394. The summed E-state index contributed by atoms with van der Waals surface area (Å²) in [5.41, 5.74) is 3.15. The highest BCUT2D eigenvalue weighted by atomic mass is 28.4. The molecular weight excluding hydrogens is 440 g/mol. The van der Waals surface area contributed by atoms with Crippen LogP contribution in [0.3, 0.4) is 0 Å². The van der Waals surface area contributed by atoms with Gasteiger partial charge in [0, 0.05) is 0 Å². The second-order valence-electron chi connectivity index (χ2n) is 12.0. The standard InChI is InChI=1S/C33H42OSi/c1-26-15-14-24-33(5,6)31(26)23-22-27-16-13-17-28(25-27)34-35(32(2,3)4,29-18-9-7-10-19-29)30-20-11-8-12-21-30/h7-13,16-21,25,31H,1,14-15,22-24H2,2-6H3/t31-/m1/s1. The minimum absolute atomic E-state index is 0.0461. The predicted molar refractivity (Wildman–Crippen MR) is 153 cm³/mol. The molecule has 0 N–H and O–H groups in total. The van der Waals surface area contributed by atoms with Crippen molar-refractivity contribution < 1.29 is 4.43 Å². The summed E-state index contributed by atoms with van der Waals surface area (Å²) < 4.78 is 7.25. The molecule has 0 aliphatic heterocycles. The molecule has 0 unspecified atom stereocenters. The molecule has 184 valence electrons. The van der Waals surface area contributed by atoms with Gasteiger partial charge in [0.05, 0.1) is 0 Å². The summed E-state index contributed by atoms with van der Waals surface area (Å²) in [4.78, 5) is 0. The van der Waals surface area contributed by atoms with Crippen molar-refractivity contribution >= 4 is 18.7 Å². The molecule has 0 heterocycles. The molecule has 0 bridgehead atoms. The first-order valence-electron chi connectivity index (χ1n) is 13.2. The molecule has 0 saturated heterocycles. The van der Waals surface area contributed by atoms with Crippen molar-refractivity contribution in [3.63, 3.8) is 0 Å². The molecule has 0 amide bonds. The zero-order chi connectivity index (χ0) is 25.1. The van der Waals surface area contributed by atoms with Crippen LogP contribution in [0.1, 0.15) is 65.9 Å². The SMILES string of the molecule is C=C1CCCC(C)(C)[C@@H]1CCc1cccc(O[Si](c2ccccc2)(c2ccccc2)C(C)(C)C)c1. The van der Waals surface area contributed by atoms with Crippen molar-refractivity contribution in [1.82, 2.24) is 0 Å². The third kappa shape index (κ3) is 5.33. The van der Waals surface area contributed by atoms with Crippen LogP contribution in [-0.4, -0.2) is 8.32 Å². The Morgan fingerprint density at radius 3 is 2.03 bits per heavy atom. The van der Waals surface area contributed by atoms with Gasteiger partial charge >= 0.3 is 8.32 Å². The summed E-state index contributed by atoms with van der Waals surface area (Å²) >= 11 is 0. The van der Waals surface area contributed by atoms with Crippen molar-refractivity contribution in [2.24, 2.45) is 11.3 Å². The summed E-state index contributed by atoms with van der Waals surface area (Å²) in [7, 11) is -2.62. The molecule has 4 rings (SSSR count). The van der Waals surface area contributed by atoms with Gasteiger partial charge in [0.15, 0.2) is 0 Å². The Balaban J connectivity index is 1.67. The van der Waals surface area contributed by atoms with Crippen molar-refractivity contribution in [2.45, 2.75) is 71.8 Å². The molecule has 1 atom stereocenters. The number of hydrogen-bond acceptors (Lipinski definition) is 1. The average molecular weight is 483 g/mol. The van der Waals surface area contributed by atoms with Gasteiger partial charge in [0.1, 0.15) is 5.75 Å². The maximum absolute atomic E-state index is 7.25. The van der Waals surface area contributed by atoms with Gasteiger partial charge in [-0.2, -0.15) is 0 Å². The van der Waals surface area contributed by atoms with Crippen LogP contribution in [0.2, 0.25) is 5.04 Å². The second kappa shape index (κ2) is 10.2. The number of rotatable bonds is 7. The average Bonchev–Trinajstić information content (AvgIpc) is 2.82. The van der Waals surface area contributed by atoms with Gasteiger partial charge < -0.3 is 4.43 Å². The largest absolute Gasteiger partial charge is 0.534 e. The molecule has 0 spiro atoms. The monoisotopic (exact) mass is 482 g/mol. The lowest BCUT2D eigenvalue weighted by Crippen LogP contribution is -2.68. The van der Waals surface area contributed by atoms with E-state index in [1.807, 2.05) is 0 Å². The molecule has 3 aromatic rings. The van der Waals surface area contributed by atoms with Crippen LogP contribution in [0.5, 0.6) is 5.75 Å². The van der Waals surface area contributed by atoms with E-state index in [1.165, 1.54) is 40.8 Å². The summed E-state index contributed by atoms with van der Waals surface area (Å²) in [6, 6.07) is 30.6. The first-order valence-corrected chi connectivity index (χ1v) is 15.1. The fourth-order valence-electron chi connectivity index (χ4n) is 6.17. The first kappa shape index (κ1) is 25.5. The Labute approximate surface area is 214 Å². The van der Waals surface area contributed by atoms with Crippen molar-refractivity contribution in [1.29, 1.82) is 0 Å². The lowest BCUT2D eigenvalue weighted by Gasteiger charge is -2.43. The number of allylic oxidation sites excluding steroid dienone is 1. The van der Waals surface area contributed by atoms with E-state index in [2.05, 4.69) is 126 Å². The Kier molecular flexibility index (Phi) is 7.42. The van der Waals surface area contributed by atoms with E-state index < -0.39 is 8.32 Å². The van der Waals surface area contributed by atoms with Crippen LogP contribution in [0.25, 0.3) is 0 Å². The summed E-state index contributed by atoms with van der Waals surface area (Å²) in [6.07, 6.45) is 5.99. The van der Waals surface area contributed by atoms with Crippen LogP contribution < -0.4 is 14.8 Å². The minimum Gasteiger partial charge on any atom is -0.534 e. The van der Waals surface area contributed by atoms with E-state index in [0.29, 0.717) is 11.3 Å². The molecular formula is C33H42OSi. The van der Waals surface area contributed by atoms with Crippen molar-refractivity contribution in [2.75, 3.05) is 0 Å². The third-order valence-corrected chi connectivity index (χ3v) is 13.0. The predicted octanol–water partition coefficient (Wildman–Crippen LogP) is 7.94. The Bertz CT molecular complexity index is 1090. The molecule has 0 radical (unpaired) electrons.